The van der Waals surface area contributed by atoms with Crippen LogP contribution in [0, 0.1) is 0 Å². The van der Waals surface area contributed by atoms with Gasteiger partial charge in [-0.15, -0.1) is 0 Å². The molecule has 0 aromatic rings. The molecule has 4 N–H and O–H groups in total. The summed E-state index contributed by atoms with van der Waals surface area (Å²) in [5.74, 6) is 0. The molecule has 0 saturated carbocycles. The van der Waals surface area contributed by atoms with Gasteiger partial charge in [0.1, 0.15) is 0 Å². The number of nitrogens with zero attached hydrogens (tertiary/aromatic N) is 1. The van der Waals surface area contributed by atoms with Gasteiger partial charge in [-0.2, -0.15) is 0 Å². The Labute approximate surface area is 315 Å². The van der Waals surface area contributed by atoms with E-state index in [1.165, 1.54) is 193 Å². The molecule has 0 radical (unpaired) electrons. The van der Waals surface area contributed by atoms with Crippen LogP contribution in [0.2, 0.25) is 0 Å². The summed E-state index contributed by atoms with van der Waals surface area (Å²) < 4.78 is 0. The van der Waals surface area contributed by atoms with Crippen molar-refractivity contribution in [1.82, 2.24) is 4.90 Å². The Morgan fingerprint density at radius 2 is 0.556 bits per heavy atom. The second-order valence-electron chi connectivity index (χ2n) is 13.2. The number of hydrogen-bond acceptors (Lipinski definition) is 2. The molecule has 0 aliphatic carbocycles. The van der Waals surface area contributed by atoms with Crippen molar-refractivity contribution in [3.8, 4) is 0 Å². The quantitative estimate of drug-likeness (QED) is 0.0356. The minimum atomic E-state index is -0.500. The van der Waals surface area contributed by atoms with Crippen LogP contribution in [-0.2, 0) is 0 Å². The van der Waals surface area contributed by atoms with Crippen molar-refractivity contribution < 1.29 is 10.2 Å². The van der Waals surface area contributed by atoms with Crippen molar-refractivity contribution in [2.75, 3.05) is 13.1 Å². The van der Waals surface area contributed by atoms with Gasteiger partial charge in [-0.25, -0.2) is 0 Å². The summed E-state index contributed by atoms with van der Waals surface area (Å²) in [5, 5.41) is 17.1. The second-order valence-corrected chi connectivity index (χ2v) is 14.0. The monoisotopic (exact) mass is 683 g/mol. The van der Waals surface area contributed by atoms with Gasteiger partial charge in [0.2, 0.25) is 0 Å². The third-order valence-electron chi connectivity index (χ3n) is 8.83. The van der Waals surface area contributed by atoms with E-state index in [0.29, 0.717) is 0 Å². The van der Waals surface area contributed by atoms with Gasteiger partial charge in [0, 0.05) is 13.1 Å². The molecule has 0 spiro atoms. The van der Waals surface area contributed by atoms with Crippen LogP contribution in [-0.4, -0.2) is 68.1 Å². The van der Waals surface area contributed by atoms with E-state index in [2.05, 4.69) is 31.8 Å². The summed E-state index contributed by atoms with van der Waals surface area (Å²) in [6.07, 6.45) is 44.7. The van der Waals surface area contributed by atoms with E-state index < -0.39 is 5.17 Å². The van der Waals surface area contributed by atoms with Crippen molar-refractivity contribution in [2.45, 2.75) is 219 Å². The molecule has 266 valence electrons. The number of hydrogen-bond donors (Lipinski definition) is 3. The van der Waals surface area contributed by atoms with E-state index in [-0.39, 0.29) is 34.7 Å². The molecule has 45 heavy (non-hydrogen) atoms. The van der Waals surface area contributed by atoms with E-state index in [9.17, 15) is 5.11 Å². The number of thiocarbonyl (C=S) groups is 2. The van der Waals surface area contributed by atoms with Crippen molar-refractivity contribution in [3.05, 3.63) is 0 Å². The Kier molecular flexibility index (Phi) is 49.1. The molecule has 4 nitrogen and oxygen atoms in total. The summed E-state index contributed by atoms with van der Waals surface area (Å²) in [6, 6.07) is 0. The van der Waals surface area contributed by atoms with Gasteiger partial charge in [0.15, 0.2) is 0 Å². The zero-order valence-corrected chi connectivity index (χ0v) is 31.4. The summed E-state index contributed by atoms with van der Waals surface area (Å²) in [7, 11) is 0. The maximum absolute atomic E-state index is 9.92. The first-order chi connectivity index (χ1) is 21.5. The van der Waals surface area contributed by atoms with Gasteiger partial charge in [-0.3, -0.25) is 0 Å². The van der Waals surface area contributed by atoms with Crippen LogP contribution in [0.15, 0.2) is 0 Å². The van der Waals surface area contributed by atoms with E-state index in [4.69, 9.17) is 17.3 Å². The van der Waals surface area contributed by atoms with Gasteiger partial charge in [0.05, 0.1) is 0 Å². The number of rotatable bonds is 34. The van der Waals surface area contributed by atoms with Gasteiger partial charge in [0.25, 0.3) is 10.3 Å². The van der Waals surface area contributed by atoms with Crippen LogP contribution in [0.4, 0.5) is 0 Å². The first kappa shape index (κ1) is 49.8. The van der Waals surface area contributed by atoms with Crippen molar-refractivity contribution >= 4 is 64.3 Å². The summed E-state index contributed by atoms with van der Waals surface area (Å²) in [5.41, 5.74) is 4.40. The molecule has 0 fully saturated rings. The van der Waals surface area contributed by atoms with Crippen LogP contribution in [0.1, 0.15) is 219 Å². The molecule has 0 aromatic carbocycles. The normalized spacial score (nSPS) is 10.6. The average molecular weight is 683 g/mol. The van der Waals surface area contributed by atoms with Crippen molar-refractivity contribution in [1.29, 1.82) is 0 Å². The van der Waals surface area contributed by atoms with E-state index in [1.807, 2.05) is 4.90 Å². The minimum absolute atomic E-state index is 0. The van der Waals surface area contributed by atoms with Crippen molar-refractivity contribution in [3.63, 3.8) is 0 Å². The molecular weight excluding hydrogens is 604 g/mol. The maximum atomic E-state index is 9.92. The van der Waals surface area contributed by atoms with Crippen LogP contribution in [0.3, 0.4) is 0 Å². The van der Waals surface area contributed by atoms with Gasteiger partial charge in [-0.1, -0.05) is 206 Å². The molecule has 0 bridgehead atoms. The Hall–Kier alpha value is 0.380. The standard InChI is InChI=1S/C37H75NOS.CH3NOS.Na.H/c1-3-5-7-9-11-13-15-17-19-21-23-25-27-29-31-33-35-38(37(39)40)36-34-32-30-28-26-24-22-20-18-16-14-12-10-8-6-4-2;2-1(3)4;;/h3-36H2,1-2H3,(H,39,40);(H3,2,3,4);;. The molecule has 0 atom stereocenters. The van der Waals surface area contributed by atoms with Gasteiger partial charge in [-0.05, 0) is 37.3 Å². The average Bonchev–Trinajstić information content (AvgIpc) is 2.99. The number of nitrogens with two attached hydrogens (primary N) is 1. The van der Waals surface area contributed by atoms with E-state index in [0.717, 1.165) is 25.9 Å². The first-order valence-corrected chi connectivity index (χ1v) is 20.2. The Morgan fingerprint density at radius 3 is 0.711 bits per heavy atom. The van der Waals surface area contributed by atoms with Gasteiger partial charge < -0.3 is 20.8 Å². The third kappa shape index (κ3) is 48.9. The molecule has 0 aliphatic rings. The fourth-order valence-electron chi connectivity index (χ4n) is 6.00. The molecule has 0 aliphatic heterocycles. The SMILES string of the molecule is CCCCCCCCCCCCCCCCCCN(CCCCCCCCCCCCCCCCCC)C(O)=S.NC(O)=S.[NaH]. The predicted octanol–water partition coefficient (Wildman–Crippen LogP) is 12.8. The Morgan fingerprint density at radius 1 is 0.400 bits per heavy atom. The van der Waals surface area contributed by atoms with Crippen LogP contribution in [0.25, 0.3) is 0 Å². The second kappa shape index (κ2) is 44.4. The first-order valence-electron chi connectivity index (χ1n) is 19.4. The number of aliphatic hydroxyl groups is 2. The van der Waals surface area contributed by atoms with E-state index >= 15 is 0 Å². The third-order valence-corrected chi connectivity index (χ3v) is 9.09. The molecule has 7 heteroatoms. The Bertz CT molecular complexity index is 544. The van der Waals surface area contributed by atoms with Crippen LogP contribution in [0.5, 0.6) is 0 Å². The summed E-state index contributed by atoms with van der Waals surface area (Å²) in [4.78, 5) is 2.04. The molecular formula is C38H79N2NaO2S2. The molecule has 0 heterocycles. The fraction of sp³-hybridized carbons (Fsp3) is 0.947. The molecule has 0 rings (SSSR count). The fourth-order valence-corrected chi connectivity index (χ4v) is 6.19. The summed E-state index contributed by atoms with van der Waals surface area (Å²) in [6.45, 7) is 6.46. The van der Waals surface area contributed by atoms with Crippen LogP contribution < -0.4 is 5.73 Å². The topological polar surface area (TPSA) is 69.7 Å². The number of unbranched alkanes of at least 4 members (excludes halogenated alkanes) is 30. The van der Waals surface area contributed by atoms with Gasteiger partial charge >= 0.3 is 29.6 Å². The molecule has 0 unspecified atom stereocenters. The zero-order valence-electron chi connectivity index (χ0n) is 29.8. The zero-order chi connectivity index (χ0) is 32.8. The Balaban J connectivity index is -0.00000331. The van der Waals surface area contributed by atoms with Crippen LogP contribution >= 0.6 is 24.4 Å². The van der Waals surface area contributed by atoms with E-state index in [1.54, 1.807) is 0 Å². The summed E-state index contributed by atoms with van der Waals surface area (Å²) >= 11 is 8.99. The predicted molar refractivity (Wildman–Crippen MR) is 212 cm³/mol. The molecule has 0 saturated heterocycles. The van der Waals surface area contributed by atoms with Crippen molar-refractivity contribution in [2.24, 2.45) is 5.73 Å². The molecule has 0 aromatic heterocycles. The number of aliphatic hydroxyl groups excluding tert-OH is 2. The molecule has 0 amide bonds.